The predicted octanol–water partition coefficient (Wildman–Crippen LogP) is 3.71. The van der Waals surface area contributed by atoms with E-state index in [1.165, 1.54) is 4.90 Å². The molecule has 0 radical (unpaired) electrons. The summed E-state index contributed by atoms with van der Waals surface area (Å²) in [5.74, 6) is 1.60. The van der Waals surface area contributed by atoms with Gasteiger partial charge in [-0.05, 0) is 48.7 Å². The van der Waals surface area contributed by atoms with E-state index in [2.05, 4.69) is 35.6 Å². The van der Waals surface area contributed by atoms with E-state index in [4.69, 9.17) is 4.74 Å². The molecule has 0 amide bonds. The minimum absolute atomic E-state index is 0.771. The van der Waals surface area contributed by atoms with Crippen molar-refractivity contribution in [2.24, 2.45) is 0 Å². The second kappa shape index (κ2) is 7.16. The van der Waals surface area contributed by atoms with Crippen LogP contribution >= 0.6 is 11.8 Å². The minimum Gasteiger partial charge on any atom is -0.456 e. The van der Waals surface area contributed by atoms with Crippen molar-refractivity contribution in [2.45, 2.75) is 18.4 Å². The summed E-state index contributed by atoms with van der Waals surface area (Å²) >= 11 is 1.72. The van der Waals surface area contributed by atoms with Gasteiger partial charge in [-0.3, -0.25) is 4.98 Å². The van der Waals surface area contributed by atoms with Gasteiger partial charge in [0.05, 0.1) is 6.20 Å². The number of benzene rings is 1. The smallest absolute Gasteiger partial charge is 0.146 e. The predicted molar refractivity (Wildman–Crippen MR) is 79.9 cm³/mol. The van der Waals surface area contributed by atoms with Crippen LogP contribution in [0.5, 0.6) is 11.5 Å². The number of nitrogens with zero attached hydrogens (tertiary/aromatic N) is 1. The molecule has 0 spiro atoms. The Kier molecular flexibility index (Phi) is 5.24. The number of hydrogen-bond acceptors (Lipinski definition) is 4. The zero-order valence-electron chi connectivity index (χ0n) is 11.2. The Morgan fingerprint density at radius 2 is 1.95 bits per heavy atom. The first-order valence-electron chi connectivity index (χ1n) is 6.28. The lowest BCUT2D eigenvalue weighted by Crippen LogP contribution is -2.11. The molecule has 100 valence electrons. The van der Waals surface area contributed by atoms with Crippen LogP contribution in [0.4, 0.5) is 0 Å². The molecule has 2 rings (SSSR count). The van der Waals surface area contributed by atoms with Gasteiger partial charge in [-0.15, -0.1) is 11.8 Å². The molecular formula is C15H18N2OS. The van der Waals surface area contributed by atoms with Crippen LogP contribution in [-0.4, -0.2) is 17.8 Å². The number of nitrogens with one attached hydrogen (secondary N) is 1. The van der Waals surface area contributed by atoms with Crippen LogP contribution in [0.25, 0.3) is 0 Å². The summed E-state index contributed by atoms with van der Waals surface area (Å²) in [6.45, 7) is 3.84. The monoisotopic (exact) mass is 274 g/mol. The third-order valence-electron chi connectivity index (χ3n) is 2.64. The summed E-state index contributed by atoms with van der Waals surface area (Å²) in [4.78, 5) is 5.43. The Balaban J connectivity index is 2.05. The number of hydrogen-bond donors (Lipinski definition) is 1. The number of thioether (sulfide) groups is 1. The Morgan fingerprint density at radius 3 is 2.63 bits per heavy atom. The van der Waals surface area contributed by atoms with Crippen molar-refractivity contribution in [3.8, 4) is 11.5 Å². The highest BCUT2D eigenvalue weighted by atomic mass is 32.2. The van der Waals surface area contributed by atoms with Crippen molar-refractivity contribution < 1.29 is 4.74 Å². The largest absolute Gasteiger partial charge is 0.456 e. The zero-order valence-corrected chi connectivity index (χ0v) is 12.0. The molecule has 1 aromatic carbocycles. The van der Waals surface area contributed by atoms with E-state index in [1.807, 2.05) is 24.4 Å². The summed E-state index contributed by atoms with van der Waals surface area (Å²) in [7, 11) is 0. The lowest BCUT2D eigenvalue weighted by Gasteiger charge is -2.08. The molecule has 0 aliphatic carbocycles. The highest BCUT2D eigenvalue weighted by Gasteiger charge is 2.00. The van der Waals surface area contributed by atoms with Crippen molar-refractivity contribution in [2.75, 3.05) is 12.8 Å². The fourth-order valence-electron chi connectivity index (χ4n) is 1.67. The van der Waals surface area contributed by atoms with Crippen molar-refractivity contribution in [3.63, 3.8) is 0 Å². The van der Waals surface area contributed by atoms with Gasteiger partial charge in [0.2, 0.25) is 0 Å². The maximum absolute atomic E-state index is 5.80. The molecule has 0 atom stereocenters. The van der Waals surface area contributed by atoms with Crippen molar-refractivity contribution in [1.29, 1.82) is 0 Å². The molecule has 0 saturated heterocycles. The molecule has 0 fully saturated rings. The summed E-state index contributed by atoms with van der Waals surface area (Å²) < 4.78 is 5.80. The Hall–Kier alpha value is -1.52. The first-order valence-corrected chi connectivity index (χ1v) is 7.51. The average molecular weight is 274 g/mol. The normalized spacial score (nSPS) is 10.4. The van der Waals surface area contributed by atoms with Gasteiger partial charge in [0.1, 0.15) is 11.5 Å². The molecule has 1 heterocycles. The van der Waals surface area contributed by atoms with Crippen LogP contribution in [0.15, 0.2) is 47.6 Å². The molecule has 0 bridgehead atoms. The highest BCUT2D eigenvalue weighted by molar-refractivity contribution is 7.98. The number of ether oxygens (including phenoxy) is 1. The van der Waals surface area contributed by atoms with Gasteiger partial charge >= 0.3 is 0 Å². The first kappa shape index (κ1) is 13.9. The number of pyridine rings is 1. The van der Waals surface area contributed by atoms with Crippen LogP contribution in [0.3, 0.4) is 0 Å². The second-order valence-electron chi connectivity index (χ2n) is 4.09. The van der Waals surface area contributed by atoms with E-state index in [1.54, 1.807) is 18.0 Å². The molecule has 0 aliphatic heterocycles. The summed E-state index contributed by atoms with van der Waals surface area (Å²) in [6, 6.07) is 10.1. The minimum atomic E-state index is 0.771. The highest BCUT2D eigenvalue weighted by Crippen LogP contribution is 2.24. The van der Waals surface area contributed by atoms with Crippen molar-refractivity contribution >= 4 is 11.8 Å². The maximum Gasteiger partial charge on any atom is 0.146 e. The molecule has 0 aliphatic rings. The molecule has 1 N–H and O–H groups in total. The topological polar surface area (TPSA) is 34.2 Å². The van der Waals surface area contributed by atoms with Gasteiger partial charge in [-0.25, -0.2) is 0 Å². The molecule has 19 heavy (non-hydrogen) atoms. The van der Waals surface area contributed by atoms with Crippen LogP contribution < -0.4 is 10.1 Å². The Bertz CT molecular complexity index is 514. The fraction of sp³-hybridized carbons (Fsp3) is 0.267. The lowest BCUT2D eigenvalue weighted by atomic mass is 10.2. The molecule has 4 heteroatoms. The molecule has 0 saturated carbocycles. The van der Waals surface area contributed by atoms with Crippen molar-refractivity contribution in [3.05, 3.63) is 48.3 Å². The molecule has 0 unspecified atom stereocenters. The molecular weight excluding hydrogens is 256 g/mol. The van der Waals surface area contributed by atoms with Crippen molar-refractivity contribution in [1.82, 2.24) is 10.3 Å². The standard InChI is InChI=1S/C15H18N2OS/c1-3-16-9-12-8-14(11-17-10-12)18-13-4-6-15(19-2)7-5-13/h4-8,10-11,16H,3,9H2,1-2H3. The van der Waals surface area contributed by atoms with E-state index >= 15 is 0 Å². The second-order valence-corrected chi connectivity index (χ2v) is 4.97. The van der Waals surface area contributed by atoms with E-state index in [9.17, 15) is 0 Å². The fourth-order valence-corrected chi connectivity index (χ4v) is 2.07. The maximum atomic E-state index is 5.80. The van der Waals surface area contributed by atoms with Gasteiger partial charge < -0.3 is 10.1 Å². The lowest BCUT2D eigenvalue weighted by molar-refractivity contribution is 0.478. The van der Waals surface area contributed by atoms with E-state index in [0.717, 1.165) is 30.2 Å². The molecule has 3 nitrogen and oxygen atoms in total. The summed E-state index contributed by atoms with van der Waals surface area (Å²) in [5, 5.41) is 3.27. The van der Waals surface area contributed by atoms with Crippen LogP contribution in [-0.2, 0) is 6.54 Å². The van der Waals surface area contributed by atoms with Crippen LogP contribution in [0.1, 0.15) is 12.5 Å². The van der Waals surface area contributed by atoms with E-state index in [-0.39, 0.29) is 0 Å². The quantitative estimate of drug-likeness (QED) is 0.814. The van der Waals surface area contributed by atoms with E-state index in [0.29, 0.717) is 0 Å². The van der Waals surface area contributed by atoms with Gasteiger partial charge in [0.15, 0.2) is 0 Å². The SMILES string of the molecule is CCNCc1cncc(Oc2ccc(SC)cc2)c1. The summed E-state index contributed by atoms with van der Waals surface area (Å²) in [5.41, 5.74) is 1.13. The first-order chi connectivity index (χ1) is 9.31. The average Bonchev–Trinajstić information content (AvgIpc) is 2.46. The Morgan fingerprint density at radius 1 is 1.16 bits per heavy atom. The van der Waals surface area contributed by atoms with Crippen LogP contribution in [0.2, 0.25) is 0 Å². The van der Waals surface area contributed by atoms with Gasteiger partial charge in [-0.1, -0.05) is 6.92 Å². The van der Waals surface area contributed by atoms with E-state index < -0.39 is 0 Å². The third-order valence-corrected chi connectivity index (χ3v) is 3.39. The summed E-state index contributed by atoms with van der Waals surface area (Å²) in [6.07, 6.45) is 5.65. The number of aromatic nitrogens is 1. The van der Waals surface area contributed by atoms with Crippen LogP contribution in [0, 0.1) is 0 Å². The number of rotatable bonds is 6. The zero-order chi connectivity index (χ0) is 13.5. The Labute approximate surface area is 118 Å². The van der Waals surface area contributed by atoms with Gasteiger partial charge in [0.25, 0.3) is 0 Å². The molecule has 2 aromatic rings. The third kappa shape index (κ3) is 4.26. The molecule has 1 aromatic heterocycles. The van der Waals surface area contributed by atoms with Gasteiger partial charge in [-0.2, -0.15) is 0 Å². The van der Waals surface area contributed by atoms with Gasteiger partial charge in [0, 0.05) is 17.6 Å².